The number of aromatic nitrogens is 2. The Kier molecular flexibility index (Phi) is 11.0. The van der Waals surface area contributed by atoms with Gasteiger partial charge in [0.15, 0.2) is 8.32 Å². The third-order valence-electron chi connectivity index (χ3n) is 10.2. The number of phenolic OH excluding ortho intramolecular Hbond substituents is 1. The number of aryl methyl sites for hydroxylation is 1. The SMILES string of the molecule is CC(C)(C)[Si](C)(C)O[C@@H](CNCc1ccc2c(ccn2CC/C=C/c2ccc(-c3ccccc3)c(NC(=O)O)c2)c1)c1ccc(O)c2[nH]c(=O)ccc12. The zero-order valence-corrected chi connectivity index (χ0v) is 31.9. The molecule has 4 aromatic carbocycles. The number of H-pyrrole nitrogens is 1. The van der Waals surface area contributed by atoms with Gasteiger partial charge in [-0.3, -0.25) is 10.1 Å². The molecule has 0 aliphatic rings. The highest BCUT2D eigenvalue weighted by molar-refractivity contribution is 6.74. The highest BCUT2D eigenvalue weighted by Crippen LogP contribution is 2.41. The second-order valence-electron chi connectivity index (χ2n) is 15.0. The highest BCUT2D eigenvalue weighted by atomic mass is 28.4. The Morgan fingerprint density at radius 3 is 2.53 bits per heavy atom. The van der Waals surface area contributed by atoms with E-state index in [-0.39, 0.29) is 22.5 Å². The van der Waals surface area contributed by atoms with E-state index in [4.69, 9.17) is 4.43 Å². The van der Waals surface area contributed by atoms with Crippen molar-refractivity contribution >= 4 is 48.0 Å². The van der Waals surface area contributed by atoms with Gasteiger partial charge in [0.1, 0.15) is 5.75 Å². The molecule has 0 unspecified atom stereocenters. The maximum atomic E-state index is 12.1. The molecule has 0 fully saturated rings. The zero-order chi connectivity index (χ0) is 37.8. The summed E-state index contributed by atoms with van der Waals surface area (Å²) < 4.78 is 9.21. The van der Waals surface area contributed by atoms with E-state index in [0.29, 0.717) is 24.3 Å². The number of fused-ring (bicyclic) bond motifs is 2. The van der Waals surface area contributed by atoms with Gasteiger partial charge in [0.05, 0.1) is 17.3 Å². The van der Waals surface area contributed by atoms with Crippen LogP contribution in [-0.4, -0.2) is 40.7 Å². The number of nitrogens with one attached hydrogen (secondary N) is 3. The third-order valence-corrected chi connectivity index (χ3v) is 14.7. The van der Waals surface area contributed by atoms with E-state index < -0.39 is 14.4 Å². The second-order valence-corrected chi connectivity index (χ2v) is 19.7. The minimum atomic E-state index is -2.19. The van der Waals surface area contributed by atoms with Gasteiger partial charge in [-0.1, -0.05) is 87.5 Å². The molecule has 10 heteroatoms. The average Bonchev–Trinajstić information content (AvgIpc) is 3.52. The van der Waals surface area contributed by atoms with Crippen molar-refractivity contribution in [3.05, 3.63) is 136 Å². The smallest absolute Gasteiger partial charge is 0.409 e. The largest absolute Gasteiger partial charge is 0.506 e. The van der Waals surface area contributed by atoms with Crippen LogP contribution in [0.4, 0.5) is 10.5 Å². The molecule has 2 heterocycles. The number of phenols is 1. The van der Waals surface area contributed by atoms with Crippen LogP contribution in [0.1, 0.15) is 50.0 Å². The van der Waals surface area contributed by atoms with Gasteiger partial charge in [0, 0.05) is 48.4 Å². The van der Waals surface area contributed by atoms with Gasteiger partial charge in [-0.05, 0) is 88.6 Å². The molecule has 6 rings (SSSR count). The first-order valence-corrected chi connectivity index (χ1v) is 20.9. The van der Waals surface area contributed by atoms with Crippen molar-refractivity contribution in [2.24, 2.45) is 0 Å². The molecule has 0 bridgehead atoms. The van der Waals surface area contributed by atoms with E-state index in [1.165, 1.54) is 6.07 Å². The first-order valence-electron chi connectivity index (χ1n) is 18.0. The number of allylic oxidation sites excluding steroid dienone is 1. The normalized spacial score (nSPS) is 12.8. The maximum Gasteiger partial charge on any atom is 0.409 e. The van der Waals surface area contributed by atoms with Crippen molar-refractivity contribution in [3.63, 3.8) is 0 Å². The fourth-order valence-corrected chi connectivity index (χ4v) is 7.65. The zero-order valence-electron chi connectivity index (χ0n) is 30.9. The number of pyridine rings is 1. The summed E-state index contributed by atoms with van der Waals surface area (Å²) >= 11 is 0. The number of hydrogen-bond acceptors (Lipinski definition) is 5. The van der Waals surface area contributed by atoms with Crippen molar-refractivity contribution in [1.82, 2.24) is 14.9 Å². The number of nitrogens with zero attached hydrogens (tertiary/aromatic N) is 1. The van der Waals surface area contributed by atoms with E-state index in [1.54, 1.807) is 12.1 Å². The number of amides is 1. The fourth-order valence-electron chi connectivity index (χ4n) is 6.38. The third kappa shape index (κ3) is 8.80. The molecular formula is C43H48N4O5Si. The summed E-state index contributed by atoms with van der Waals surface area (Å²) in [6.45, 7) is 13.1. The van der Waals surface area contributed by atoms with Gasteiger partial charge < -0.3 is 29.5 Å². The van der Waals surface area contributed by atoms with Crippen LogP contribution >= 0.6 is 0 Å². The van der Waals surface area contributed by atoms with Gasteiger partial charge in [-0.25, -0.2) is 4.79 Å². The lowest BCUT2D eigenvalue weighted by atomic mass is 10.0. The molecule has 0 saturated carbocycles. The molecule has 5 N–H and O–H groups in total. The van der Waals surface area contributed by atoms with Crippen LogP contribution in [0.5, 0.6) is 5.75 Å². The number of anilines is 1. The number of carbonyl (C=O) groups is 1. The number of aromatic hydroxyl groups is 1. The van der Waals surface area contributed by atoms with Crippen molar-refractivity contribution < 1.29 is 19.4 Å². The number of benzene rings is 4. The van der Waals surface area contributed by atoms with Crippen LogP contribution in [0.2, 0.25) is 18.1 Å². The lowest BCUT2D eigenvalue weighted by molar-refractivity contribution is 0.181. The van der Waals surface area contributed by atoms with Crippen LogP contribution < -0.4 is 16.2 Å². The first kappa shape index (κ1) is 37.3. The molecule has 1 atom stereocenters. The highest BCUT2D eigenvalue weighted by Gasteiger charge is 2.39. The molecule has 0 spiro atoms. The molecule has 6 aromatic rings. The predicted octanol–water partition coefficient (Wildman–Crippen LogP) is 9.90. The Balaban J connectivity index is 1.12. The van der Waals surface area contributed by atoms with Crippen molar-refractivity contribution in [2.75, 3.05) is 11.9 Å². The van der Waals surface area contributed by atoms with Gasteiger partial charge >= 0.3 is 6.09 Å². The topological polar surface area (TPSA) is 129 Å². The second kappa shape index (κ2) is 15.7. The van der Waals surface area contributed by atoms with Crippen LogP contribution in [0, 0.1) is 0 Å². The van der Waals surface area contributed by atoms with Gasteiger partial charge in [0.2, 0.25) is 5.56 Å². The Hall–Kier alpha value is -5.42. The summed E-state index contributed by atoms with van der Waals surface area (Å²) in [7, 11) is -2.19. The summed E-state index contributed by atoms with van der Waals surface area (Å²) in [6, 6.07) is 31.0. The monoisotopic (exact) mass is 728 g/mol. The summed E-state index contributed by atoms with van der Waals surface area (Å²) in [4.78, 5) is 26.4. The lowest BCUT2D eigenvalue weighted by Gasteiger charge is -2.39. The number of aromatic amines is 1. The number of rotatable bonds is 13. The number of hydrogen-bond donors (Lipinski definition) is 5. The molecule has 9 nitrogen and oxygen atoms in total. The van der Waals surface area contributed by atoms with E-state index in [0.717, 1.165) is 57.1 Å². The van der Waals surface area contributed by atoms with E-state index in [1.807, 2.05) is 60.7 Å². The van der Waals surface area contributed by atoms with E-state index in [2.05, 4.69) is 90.6 Å². The van der Waals surface area contributed by atoms with Crippen LogP contribution in [-0.2, 0) is 17.5 Å². The molecule has 0 radical (unpaired) electrons. The molecular weight excluding hydrogens is 681 g/mol. The Morgan fingerprint density at radius 1 is 0.981 bits per heavy atom. The van der Waals surface area contributed by atoms with Crippen LogP contribution in [0.25, 0.3) is 39.0 Å². The van der Waals surface area contributed by atoms with Gasteiger partial charge in [0.25, 0.3) is 0 Å². The van der Waals surface area contributed by atoms with Crippen molar-refractivity contribution in [2.45, 2.75) is 64.5 Å². The molecule has 274 valence electrons. The van der Waals surface area contributed by atoms with Crippen LogP contribution in [0.3, 0.4) is 0 Å². The average molecular weight is 729 g/mol. The van der Waals surface area contributed by atoms with Gasteiger partial charge in [-0.15, -0.1) is 0 Å². The summed E-state index contributed by atoms with van der Waals surface area (Å²) in [6.07, 6.45) is 5.68. The Labute approximate surface area is 311 Å². The fraction of sp³-hybridized carbons (Fsp3) is 0.256. The summed E-state index contributed by atoms with van der Waals surface area (Å²) in [5.41, 5.74) is 6.66. The molecule has 2 aromatic heterocycles. The van der Waals surface area contributed by atoms with Crippen molar-refractivity contribution in [3.8, 4) is 16.9 Å². The Morgan fingerprint density at radius 2 is 1.77 bits per heavy atom. The molecule has 1 amide bonds. The van der Waals surface area contributed by atoms with Crippen molar-refractivity contribution in [1.29, 1.82) is 0 Å². The van der Waals surface area contributed by atoms with Crippen LogP contribution in [0.15, 0.2) is 114 Å². The Bertz CT molecular complexity index is 2320. The van der Waals surface area contributed by atoms with E-state index >= 15 is 0 Å². The van der Waals surface area contributed by atoms with E-state index in [9.17, 15) is 19.8 Å². The number of carboxylic acid groups (broad SMARTS) is 1. The maximum absolute atomic E-state index is 12.1. The standard InChI is InChI=1S/C43H48N4O5Si/c1-43(2,3)53(4,5)52-39(34-17-20-38(48)41-35(34)18-21-40(49)46-41)28-44-27-30-15-19-37-32(25-30)22-24-47(37)23-10-9-11-29-14-16-33(31-12-7-6-8-13-31)36(26-29)45-42(50)51/h6-9,11-22,24-26,39,44-45,48H,10,23,27-28H2,1-5H3,(H,46,49)(H,50,51)/b11-9+/t39-/m0/s1. The summed E-state index contributed by atoms with van der Waals surface area (Å²) in [5.74, 6) is 0.0368. The molecule has 0 aliphatic carbocycles. The minimum Gasteiger partial charge on any atom is -0.506 e. The first-order chi connectivity index (χ1) is 25.3. The van der Waals surface area contributed by atoms with Gasteiger partial charge in [-0.2, -0.15) is 0 Å². The molecule has 53 heavy (non-hydrogen) atoms. The lowest BCUT2D eigenvalue weighted by Crippen LogP contribution is -2.43. The molecule has 0 saturated heterocycles. The minimum absolute atomic E-state index is 0.00261. The quantitative estimate of drug-likeness (QED) is 0.0754. The summed E-state index contributed by atoms with van der Waals surface area (Å²) in [5, 5.41) is 28.0. The molecule has 0 aliphatic heterocycles. The predicted molar refractivity (Wildman–Crippen MR) is 218 cm³/mol.